The van der Waals surface area contributed by atoms with Gasteiger partial charge in [0.15, 0.2) is 11.0 Å². The van der Waals surface area contributed by atoms with E-state index in [0.29, 0.717) is 5.75 Å². The van der Waals surface area contributed by atoms with Gasteiger partial charge in [0, 0.05) is 37.6 Å². The van der Waals surface area contributed by atoms with Crippen LogP contribution in [0.4, 0.5) is 5.69 Å². The van der Waals surface area contributed by atoms with Crippen LogP contribution in [0.25, 0.3) is 5.69 Å². The van der Waals surface area contributed by atoms with Crippen molar-refractivity contribution >= 4 is 23.4 Å². The van der Waals surface area contributed by atoms with E-state index < -0.39 is 0 Å². The zero-order valence-corrected chi connectivity index (χ0v) is 21.3. The fourth-order valence-corrected chi connectivity index (χ4v) is 5.78. The zero-order valence-electron chi connectivity index (χ0n) is 20.5. The van der Waals surface area contributed by atoms with E-state index in [1.54, 1.807) is 0 Å². The first-order valence-electron chi connectivity index (χ1n) is 12.6. The summed E-state index contributed by atoms with van der Waals surface area (Å²) in [5, 5.41) is 9.84. The van der Waals surface area contributed by atoms with Crippen LogP contribution in [-0.2, 0) is 11.3 Å². The summed E-state index contributed by atoms with van der Waals surface area (Å²) in [6, 6.07) is 18.8. The SMILES string of the molecule is Cc1cccc(N2CCN(C(=O)CSc3nnc(CN4CCCCC4)n3-c3ccccc3)CC2)c1. The lowest BCUT2D eigenvalue weighted by molar-refractivity contribution is -0.128. The molecule has 0 spiro atoms. The van der Waals surface area contributed by atoms with Crippen molar-refractivity contribution in [2.75, 3.05) is 49.9 Å². The van der Waals surface area contributed by atoms with Crippen LogP contribution in [0.15, 0.2) is 59.8 Å². The molecule has 2 aliphatic heterocycles. The van der Waals surface area contributed by atoms with Gasteiger partial charge in [0.1, 0.15) is 0 Å². The van der Waals surface area contributed by atoms with Crippen LogP contribution in [0, 0.1) is 6.92 Å². The van der Waals surface area contributed by atoms with Crippen LogP contribution in [0.2, 0.25) is 0 Å². The molecule has 0 saturated carbocycles. The van der Waals surface area contributed by atoms with Crippen LogP contribution in [-0.4, -0.2) is 75.5 Å². The lowest BCUT2D eigenvalue weighted by Crippen LogP contribution is -2.49. The average Bonchev–Trinajstić information content (AvgIpc) is 3.30. The van der Waals surface area contributed by atoms with Crippen molar-refractivity contribution in [2.45, 2.75) is 37.9 Å². The molecule has 3 aromatic rings. The number of piperazine rings is 1. The molecule has 7 nitrogen and oxygen atoms in total. The van der Waals surface area contributed by atoms with Gasteiger partial charge in [-0.2, -0.15) is 0 Å². The molecule has 2 saturated heterocycles. The highest BCUT2D eigenvalue weighted by Gasteiger charge is 2.23. The van der Waals surface area contributed by atoms with E-state index in [1.807, 2.05) is 23.1 Å². The Kier molecular flexibility index (Phi) is 7.69. The van der Waals surface area contributed by atoms with Gasteiger partial charge in [-0.25, -0.2) is 0 Å². The molecule has 1 amide bonds. The van der Waals surface area contributed by atoms with Crippen molar-refractivity contribution in [3.8, 4) is 5.69 Å². The minimum absolute atomic E-state index is 0.166. The van der Waals surface area contributed by atoms with Gasteiger partial charge < -0.3 is 9.80 Å². The number of benzene rings is 2. The molecule has 2 fully saturated rings. The average molecular weight is 491 g/mol. The highest BCUT2D eigenvalue weighted by atomic mass is 32.2. The summed E-state index contributed by atoms with van der Waals surface area (Å²) < 4.78 is 2.13. The summed E-state index contributed by atoms with van der Waals surface area (Å²) in [6.07, 6.45) is 3.80. The van der Waals surface area contributed by atoms with E-state index in [2.05, 4.69) is 67.9 Å². The number of anilines is 1. The van der Waals surface area contributed by atoms with Gasteiger partial charge in [-0.1, -0.05) is 48.5 Å². The fourth-order valence-electron chi connectivity index (χ4n) is 4.91. The lowest BCUT2D eigenvalue weighted by Gasteiger charge is -2.36. The third kappa shape index (κ3) is 5.87. The van der Waals surface area contributed by atoms with Crippen LogP contribution < -0.4 is 4.90 Å². The molecule has 2 aromatic carbocycles. The molecule has 0 aliphatic carbocycles. The molecule has 35 heavy (non-hydrogen) atoms. The molecule has 184 valence electrons. The van der Waals surface area contributed by atoms with E-state index in [4.69, 9.17) is 0 Å². The molecule has 5 rings (SSSR count). The Bertz CT molecular complexity index is 1120. The third-order valence-corrected chi connectivity index (χ3v) is 7.77. The van der Waals surface area contributed by atoms with Gasteiger partial charge in [0.05, 0.1) is 12.3 Å². The molecular formula is C27H34N6OS. The largest absolute Gasteiger partial charge is 0.368 e. The maximum absolute atomic E-state index is 13.1. The maximum Gasteiger partial charge on any atom is 0.233 e. The molecule has 0 radical (unpaired) electrons. The monoisotopic (exact) mass is 490 g/mol. The first-order valence-corrected chi connectivity index (χ1v) is 13.6. The van der Waals surface area contributed by atoms with Crippen molar-refractivity contribution in [2.24, 2.45) is 0 Å². The number of para-hydroxylation sites is 1. The number of piperidine rings is 1. The van der Waals surface area contributed by atoms with Crippen molar-refractivity contribution < 1.29 is 4.79 Å². The van der Waals surface area contributed by atoms with E-state index in [0.717, 1.165) is 62.5 Å². The summed E-state index contributed by atoms with van der Waals surface area (Å²) in [5.74, 6) is 1.48. The number of aromatic nitrogens is 3. The van der Waals surface area contributed by atoms with Gasteiger partial charge in [-0.15, -0.1) is 10.2 Å². The number of rotatable bonds is 7. The Hall–Kier alpha value is -2.84. The second kappa shape index (κ2) is 11.3. The number of nitrogens with zero attached hydrogens (tertiary/aromatic N) is 6. The predicted molar refractivity (Wildman–Crippen MR) is 141 cm³/mol. The molecule has 2 aliphatic rings. The predicted octanol–water partition coefficient (Wildman–Crippen LogP) is 4.00. The van der Waals surface area contributed by atoms with Crippen LogP contribution in [0.3, 0.4) is 0 Å². The number of hydrogen-bond acceptors (Lipinski definition) is 6. The number of carbonyl (C=O) groups excluding carboxylic acids is 1. The first kappa shape index (κ1) is 23.9. The smallest absolute Gasteiger partial charge is 0.233 e. The Balaban J connectivity index is 1.22. The van der Waals surface area contributed by atoms with E-state index in [9.17, 15) is 4.79 Å². The van der Waals surface area contributed by atoms with Gasteiger partial charge in [-0.3, -0.25) is 14.3 Å². The van der Waals surface area contributed by atoms with Gasteiger partial charge in [0.2, 0.25) is 5.91 Å². The van der Waals surface area contributed by atoms with Gasteiger partial charge in [0.25, 0.3) is 0 Å². The molecular weight excluding hydrogens is 456 g/mol. The number of thioether (sulfide) groups is 1. The molecule has 3 heterocycles. The molecule has 1 aromatic heterocycles. The molecule has 0 N–H and O–H groups in total. The normalized spacial score (nSPS) is 17.1. The lowest BCUT2D eigenvalue weighted by atomic mass is 10.1. The minimum Gasteiger partial charge on any atom is -0.368 e. The van der Waals surface area contributed by atoms with Gasteiger partial charge >= 0.3 is 0 Å². The Morgan fingerprint density at radius 1 is 0.857 bits per heavy atom. The summed E-state index contributed by atoms with van der Waals surface area (Å²) in [6.45, 7) is 8.34. The highest BCUT2D eigenvalue weighted by Crippen LogP contribution is 2.25. The van der Waals surface area contributed by atoms with E-state index >= 15 is 0 Å². The fraction of sp³-hybridized carbons (Fsp3) is 0.444. The van der Waals surface area contributed by atoms with Crippen molar-refractivity contribution in [1.29, 1.82) is 0 Å². The van der Waals surface area contributed by atoms with Gasteiger partial charge in [-0.05, 0) is 62.7 Å². The summed E-state index contributed by atoms with van der Waals surface area (Å²) >= 11 is 1.49. The summed E-state index contributed by atoms with van der Waals surface area (Å²) in [7, 11) is 0. The Morgan fingerprint density at radius 2 is 1.60 bits per heavy atom. The van der Waals surface area contributed by atoms with Crippen molar-refractivity contribution in [1.82, 2.24) is 24.6 Å². The van der Waals surface area contributed by atoms with Crippen LogP contribution in [0.5, 0.6) is 0 Å². The maximum atomic E-state index is 13.1. The van der Waals surface area contributed by atoms with Crippen LogP contribution >= 0.6 is 11.8 Å². The number of amides is 1. The Morgan fingerprint density at radius 3 is 2.34 bits per heavy atom. The summed E-state index contributed by atoms with van der Waals surface area (Å²) in [4.78, 5) is 19.9. The Labute approximate surface area is 212 Å². The second-order valence-electron chi connectivity index (χ2n) is 9.40. The number of carbonyl (C=O) groups is 1. The number of aryl methyl sites for hydroxylation is 1. The second-order valence-corrected chi connectivity index (χ2v) is 10.3. The van der Waals surface area contributed by atoms with Crippen molar-refractivity contribution in [3.05, 3.63) is 66.0 Å². The third-order valence-electron chi connectivity index (χ3n) is 6.85. The standard InChI is InChI=1S/C27H34N6OS/c1-22-9-8-12-24(19-22)31-15-17-32(18-16-31)26(34)21-35-27-29-28-25(20-30-13-6-3-7-14-30)33(27)23-10-4-2-5-11-23/h2,4-5,8-12,19H,3,6-7,13-18,20-21H2,1H3. The number of hydrogen-bond donors (Lipinski definition) is 0. The quantitative estimate of drug-likeness (QED) is 0.467. The van der Waals surface area contributed by atoms with E-state index in [1.165, 1.54) is 42.3 Å². The molecule has 8 heteroatoms. The first-order chi connectivity index (χ1) is 17.2. The molecule has 0 unspecified atom stereocenters. The van der Waals surface area contributed by atoms with Crippen LogP contribution in [0.1, 0.15) is 30.7 Å². The zero-order chi connectivity index (χ0) is 24.0. The van der Waals surface area contributed by atoms with Crippen molar-refractivity contribution in [3.63, 3.8) is 0 Å². The van der Waals surface area contributed by atoms with E-state index in [-0.39, 0.29) is 5.91 Å². The topological polar surface area (TPSA) is 57.5 Å². The molecule has 0 atom stereocenters. The number of likely N-dealkylation sites (tertiary alicyclic amines) is 1. The minimum atomic E-state index is 0.166. The summed E-state index contributed by atoms with van der Waals surface area (Å²) in [5.41, 5.74) is 3.55. The molecule has 0 bridgehead atoms. The highest BCUT2D eigenvalue weighted by molar-refractivity contribution is 7.99.